The fourth-order valence-corrected chi connectivity index (χ4v) is 6.92. The van der Waals surface area contributed by atoms with E-state index in [1.54, 1.807) is 0 Å². The molecule has 2 aromatic carbocycles. The van der Waals surface area contributed by atoms with Crippen molar-refractivity contribution in [3.8, 4) is 6.07 Å². The standard InChI is InChI=1S/C19H7NSe4/c20-8-9-5-6-12-13(7-9)19(24)15-14(18(12)23)16(21)10-3-1-2-4-11(10)17(15)22/h1-7H. The zero-order chi connectivity index (χ0) is 17.0. The van der Waals surface area contributed by atoms with Crippen molar-refractivity contribution >= 4 is 83.8 Å². The molecule has 2 aliphatic carbocycles. The van der Waals surface area contributed by atoms with Gasteiger partial charge in [0.1, 0.15) is 0 Å². The molecule has 0 spiro atoms. The maximum atomic E-state index is 9.23. The van der Waals surface area contributed by atoms with E-state index in [1.165, 1.54) is 21.2 Å². The number of nitrogens with zero attached hydrogens (tertiary/aromatic N) is 1. The summed E-state index contributed by atoms with van der Waals surface area (Å²) in [6.45, 7) is 0. The van der Waals surface area contributed by atoms with Gasteiger partial charge in [-0.2, -0.15) is 0 Å². The van der Waals surface area contributed by atoms with Gasteiger partial charge in [-0.25, -0.2) is 0 Å². The van der Waals surface area contributed by atoms with Gasteiger partial charge in [0.05, 0.1) is 0 Å². The van der Waals surface area contributed by atoms with E-state index < -0.39 is 0 Å². The van der Waals surface area contributed by atoms with E-state index in [2.05, 4.69) is 92.6 Å². The Morgan fingerprint density at radius 1 is 0.625 bits per heavy atom. The molecule has 0 amide bonds. The third-order valence-corrected chi connectivity index (χ3v) is 7.77. The van der Waals surface area contributed by atoms with E-state index in [0.717, 1.165) is 27.0 Å². The summed E-state index contributed by atoms with van der Waals surface area (Å²) in [5, 5.41) is 16.2. The van der Waals surface area contributed by atoms with Crippen molar-refractivity contribution < 1.29 is 0 Å². The molecule has 0 saturated heterocycles. The van der Waals surface area contributed by atoms with Crippen LogP contribution in [0.5, 0.6) is 0 Å². The number of nitriles is 1. The van der Waals surface area contributed by atoms with Crippen LogP contribution < -0.4 is 0 Å². The fraction of sp³-hybridized carbons (Fsp3) is 0. The third kappa shape index (κ3) is 2.32. The van der Waals surface area contributed by atoms with E-state index in [1.807, 2.05) is 18.2 Å². The van der Waals surface area contributed by atoms with Crippen LogP contribution in [0.1, 0.15) is 5.56 Å². The van der Waals surface area contributed by atoms with Gasteiger partial charge in [-0.15, -0.1) is 0 Å². The van der Waals surface area contributed by atoms with E-state index in [9.17, 15) is 5.26 Å². The normalized spacial score (nSPS) is 11.1. The van der Waals surface area contributed by atoms with Crippen LogP contribution in [0.2, 0.25) is 0 Å². The Morgan fingerprint density at radius 3 is 1.58 bits per heavy atom. The number of fused-ring (bicyclic) bond motifs is 2. The topological polar surface area (TPSA) is 23.8 Å². The Balaban J connectivity index is 2.54. The van der Waals surface area contributed by atoms with E-state index in [-0.39, 0.29) is 0 Å². The maximum absolute atomic E-state index is 9.23. The average Bonchev–Trinajstić information content (AvgIpc) is 2.62. The summed E-state index contributed by atoms with van der Waals surface area (Å²) < 4.78 is 4.47. The number of hydrogen-bond acceptors (Lipinski definition) is 1. The summed E-state index contributed by atoms with van der Waals surface area (Å²) in [6.07, 6.45) is 0. The molecular weight excluding hydrogens is 558 g/mol. The molecular formula is C19H7NSe4. The van der Waals surface area contributed by atoms with Gasteiger partial charge in [0.15, 0.2) is 0 Å². The molecule has 0 heterocycles. The molecule has 4 rings (SSSR count). The second kappa shape index (κ2) is 6.19. The van der Waals surface area contributed by atoms with Gasteiger partial charge >= 0.3 is 170 Å². The van der Waals surface area contributed by atoms with Crippen molar-refractivity contribution in [3.05, 3.63) is 74.7 Å². The van der Waals surface area contributed by atoms with Crippen molar-refractivity contribution in [2.45, 2.75) is 0 Å². The predicted molar refractivity (Wildman–Crippen MR) is 99.8 cm³/mol. The van der Waals surface area contributed by atoms with E-state index in [4.69, 9.17) is 0 Å². The van der Waals surface area contributed by atoms with Crippen molar-refractivity contribution in [1.29, 1.82) is 5.26 Å². The average molecular weight is 565 g/mol. The molecule has 2 aromatic rings. The summed E-state index contributed by atoms with van der Waals surface area (Å²) in [6, 6.07) is 16.5. The van der Waals surface area contributed by atoms with Gasteiger partial charge in [0.2, 0.25) is 0 Å². The first-order valence-corrected chi connectivity index (χ1v) is 10.5. The Kier molecular flexibility index (Phi) is 4.30. The molecule has 5 heteroatoms. The van der Waals surface area contributed by atoms with Crippen LogP contribution in [-0.2, 0) is 0 Å². The molecule has 0 saturated carbocycles. The first-order chi connectivity index (χ1) is 11.5. The van der Waals surface area contributed by atoms with Crippen molar-refractivity contribution in [2.24, 2.45) is 0 Å². The molecule has 0 radical (unpaired) electrons. The van der Waals surface area contributed by atoms with Gasteiger partial charge in [0.25, 0.3) is 0 Å². The van der Waals surface area contributed by atoms with Crippen LogP contribution in [0.4, 0.5) is 0 Å². The molecule has 0 fully saturated rings. The third-order valence-electron chi connectivity index (χ3n) is 4.21. The Morgan fingerprint density at radius 2 is 1.08 bits per heavy atom. The quantitative estimate of drug-likeness (QED) is 0.301. The first-order valence-electron chi connectivity index (χ1n) is 7.11. The Labute approximate surface area is 168 Å². The van der Waals surface area contributed by atoms with Crippen molar-refractivity contribution in [1.82, 2.24) is 0 Å². The molecule has 1 nitrogen and oxygen atoms in total. The van der Waals surface area contributed by atoms with Crippen LogP contribution in [0, 0.1) is 38.0 Å². The second-order valence-electron chi connectivity index (χ2n) is 5.48. The van der Waals surface area contributed by atoms with E-state index in [0.29, 0.717) is 5.56 Å². The number of benzene rings is 2. The van der Waals surface area contributed by atoms with Gasteiger partial charge < -0.3 is 0 Å². The Bertz CT molecular complexity index is 1490. The monoisotopic (exact) mass is 569 g/mol. The molecule has 0 atom stereocenters. The van der Waals surface area contributed by atoms with Gasteiger partial charge in [-0.3, -0.25) is 0 Å². The molecule has 112 valence electrons. The van der Waals surface area contributed by atoms with Crippen LogP contribution in [0.25, 0.3) is 21.5 Å². The fourth-order valence-electron chi connectivity index (χ4n) is 3.08. The summed E-state index contributed by atoms with van der Waals surface area (Å²) in [4.78, 5) is 0. The number of rotatable bonds is 0. The van der Waals surface area contributed by atoms with E-state index >= 15 is 0 Å². The summed E-state index contributed by atoms with van der Waals surface area (Å²) >= 11 is 13.0. The summed E-state index contributed by atoms with van der Waals surface area (Å²) in [5.74, 6) is 0. The zero-order valence-electron chi connectivity index (χ0n) is 12.1. The Hall–Kier alpha value is -0.772. The molecule has 0 unspecified atom stereocenters. The number of hydrogen-bond donors (Lipinski definition) is 0. The van der Waals surface area contributed by atoms with Crippen LogP contribution in [-0.4, -0.2) is 62.3 Å². The molecule has 0 aromatic heterocycles. The molecule has 0 aliphatic heterocycles. The van der Waals surface area contributed by atoms with Crippen molar-refractivity contribution in [3.63, 3.8) is 0 Å². The summed E-state index contributed by atoms with van der Waals surface area (Å²) in [7, 11) is 0. The molecule has 2 aliphatic rings. The first kappa shape index (κ1) is 16.7. The zero-order valence-corrected chi connectivity index (χ0v) is 19.0. The van der Waals surface area contributed by atoms with Gasteiger partial charge in [0, 0.05) is 0 Å². The SMILES string of the molecule is N#Cc1ccc2c(=[Se])c3c(=[Se])c4ccccc4c(=[Se])c=3c(=[Se])c2c1. The van der Waals surface area contributed by atoms with Crippen LogP contribution in [0.15, 0.2) is 42.5 Å². The van der Waals surface area contributed by atoms with Crippen LogP contribution in [0.3, 0.4) is 0 Å². The molecule has 0 bridgehead atoms. The molecule has 24 heavy (non-hydrogen) atoms. The van der Waals surface area contributed by atoms with Gasteiger partial charge in [-0.1, -0.05) is 0 Å². The second-order valence-corrected chi connectivity index (χ2v) is 8.91. The predicted octanol–water partition coefficient (Wildman–Crippen LogP) is 2.27. The minimum atomic E-state index is 0.670. The molecule has 0 N–H and O–H groups in total. The minimum absolute atomic E-state index is 0.670. The van der Waals surface area contributed by atoms with Crippen molar-refractivity contribution in [2.75, 3.05) is 0 Å². The van der Waals surface area contributed by atoms with Crippen LogP contribution >= 0.6 is 0 Å². The summed E-state index contributed by atoms with van der Waals surface area (Å²) in [5.41, 5.74) is 0.670. The van der Waals surface area contributed by atoms with Gasteiger partial charge in [-0.05, 0) is 0 Å².